The van der Waals surface area contributed by atoms with E-state index < -0.39 is 5.41 Å². The van der Waals surface area contributed by atoms with Crippen LogP contribution in [-0.4, -0.2) is 70.6 Å². The van der Waals surface area contributed by atoms with E-state index >= 15 is 0 Å². The first kappa shape index (κ1) is 21.5. The topological polar surface area (TPSA) is 102 Å². The Bertz CT molecular complexity index is 1140. The standard InChI is InChI=1S/C23H28N8O2/c1-15(32)30-10-7-17(8-11-30)29(4)31-12-9-24-14-20(31)27-22(28-31)25-16-5-6-18-19(13-16)26-21(33)23(18,2)3/h5-6,9,12-14,17H,7-8,10-11H2,1-4H3,(H-,25,26,28,33)/p+1. The number of hydrogen-bond acceptors (Lipinski definition) is 7. The number of amides is 2. The predicted octanol–water partition coefficient (Wildman–Crippen LogP) is 2.24. The molecule has 1 aromatic rings. The molecule has 0 spiro atoms. The molecule has 5 rings (SSSR count). The molecule has 4 heterocycles. The van der Waals surface area contributed by atoms with Crippen molar-refractivity contribution in [2.45, 2.75) is 45.1 Å². The van der Waals surface area contributed by atoms with Crippen LogP contribution in [0.4, 0.5) is 11.4 Å². The van der Waals surface area contributed by atoms with Gasteiger partial charge in [0, 0.05) is 38.4 Å². The van der Waals surface area contributed by atoms with Crippen LogP contribution in [-0.2, 0) is 15.0 Å². The van der Waals surface area contributed by atoms with Crippen LogP contribution < -0.4 is 10.6 Å². The maximum absolute atomic E-state index is 12.3. The average Bonchev–Trinajstić information content (AvgIpc) is 3.27. The van der Waals surface area contributed by atoms with Crippen molar-refractivity contribution in [2.24, 2.45) is 15.1 Å². The van der Waals surface area contributed by atoms with Crippen LogP contribution in [0.1, 0.15) is 39.2 Å². The summed E-state index contributed by atoms with van der Waals surface area (Å²) in [5.41, 5.74) is 2.03. The van der Waals surface area contributed by atoms with Gasteiger partial charge in [-0.15, -0.1) is 10.0 Å². The van der Waals surface area contributed by atoms with Gasteiger partial charge in [0.2, 0.25) is 11.8 Å². The lowest BCUT2D eigenvalue weighted by atomic mass is 9.86. The molecule has 33 heavy (non-hydrogen) atoms. The van der Waals surface area contributed by atoms with Gasteiger partial charge < -0.3 is 15.5 Å². The van der Waals surface area contributed by atoms with E-state index in [4.69, 9.17) is 10.1 Å². The molecule has 10 heteroatoms. The van der Waals surface area contributed by atoms with E-state index in [1.165, 1.54) is 0 Å². The summed E-state index contributed by atoms with van der Waals surface area (Å²) in [4.78, 5) is 34.8. The molecule has 0 aliphatic carbocycles. The second kappa shape index (κ2) is 7.60. The fourth-order valence-electron chi connectivity index (χ4n) is 4.86. The summed E-state index contributed by atoms with van der Waals surface area (Å²) < 4.78 is 0.102. The van der Waals surface area contributed by atoms with E-state index in [0.717, 1.165) is 42.9 Å². The summed E-state index contributed by atoms with van der Waals surface area (Å²) >= 11 is 0. The SMILES string of the molecule is CC(=O)N1CCC(N(C)[N+]23C=CN=CC2=NC(Nc2ccc4c(c2)NC(=O)C4(C)C)=N3)CC1. The first-order chi connectivity index (χ1) is 15.7. The fraction of sp³-hybridized carbons (Fsp3) is 0.435. The maximum atomic E-state index is 12.3. The van der Waals surface area contributed by atoms with Gasteiger partial charge in [-0.3, -0.25) is 14.6 Å². The minimum Gasteiger partial charge on any atom is -0.343 e. The summed E-state index contributed by atoms with van der Waals surface area (Å²) in [7, 11) is 2.03. The molecule has 1 unspecified atom stereocenters. The lowest BCUT2D eigenvalue weighted by Gasteiger charge is -2.40. The quantitative estimate of drug-likeness (QED) is 0.691. The second-order valence-electron chi connectivity index (χ2n) is 9.39. The molecule has 0 aromatic heterocycles. The van der Waals surface area contributed by atoms with Crippen molar-refractivity contribution in [3.05, 3.63) is 36.2 Å². The van der Waals surface area contributed by atoms with Gasteiger partial charge in [0.05, 0.1) is 17.7 Å². The minimum atomic E-state index is -0.545. The van der Waals surface area contributed by atoms with Crippen LogP contribution in [0.3, 0.4) is 0 Å². The highest BCUT2D eigenvalue weighted by Crippen LogP contribution is 2.39. The van der Waals surface area contributed by atoms with E-state index in [0.29, 0.717) is 11.8 Å². The number of likely N-dealkylation sites (tertiary alicyclic amines) is 1. The van der Waals surface area contributed by atoms with Crippen molar-refractivity contribution < 1.29 is 14.3 Å². The second-order valence-corrected chi connectivity index (χ2v) is 9.39. The highest BCUT2D eigenvalue weighted by atomic mass is 16.2. The van der Waals surface area contributed by atoms with Gasteiger partial charge in [-0.2, -0.15) is 0 Å². The molecule has 4 aliphatic rings. The van der Waals surface area contributed by atoms with E-state index in [1.54, 1.807) is 19.3 Å². The number of piperidine rings is 1. The molecule has 0 radical (unpaired) electrons. The van der Waals surface area contributed by atoms with E-state index in [9.17, 15) is 9.59 Å². The fourth-order valence-corrected chi connectivity index (χ4v) is 4.86. The Morgan fingerprint density at radius 1 is 1.30 bits per heavy atom. The molecule has 10 nitrogen and oxygen atoms in total. The van der Waals surface area contributed by atoms with E-state index in [1.807, 2.05) is 50.2 Å². The Hall–Kier alpha value is -3.37. The van der Waals surface area contributed by atoms with Crippen molar-refractivity contribution in [3.8, 4) is 0 Å². The van der Waals surface area contributed by atoms with Gasteiger partial charge in [0.1, 0.15) is 6.21 Å². The molecule has 4 aliphatic heterocycles. The average molecular weight is 450 g/mol. The van der Waals surface area contributed by atoms with Gasteiger partial charge in [-0.05, 0) is 54.2 Å². The molecule has 1 atom stereocenters. The number of nitrogens with one attached hydrogen (secondary N) is 2. The molecule has 172 valence electrons. The monoisotopic (exact) mass is 449 g/mol. The summed E-state index contributed by atoms with van der Waals surface area (Å²) in [5.74, 6) is 1.29. The Morgan fingerprint density at radius 2 is 2.06 bits per heavy atom. The number of anilines is 2. The minimum absolute atomic E-state index is 0.00599. The number of carbonyl (C=O) groups excluding carboxylic acids is 2. The molecule has 1 saturated heterocycles. The Labute approximate surface area is 192 Å². The summed E-state index contributed by atoms with van der Waals surface area (Å²) in [5, 5.41) is 13.4. The summed E-state index contributed by atoms with van der Waals surface area (Å²) in [6, 6.07) is 6.06. The third-order valence-electron chi connectivity index (χ3n) is 7.04. The van der Waals surface area contributed by atoms with Crippen LogP contribution >= 0.6 is 0 Å². The number of fused-ring (bicyclic) bond motifs is 2. The number of nitrogens with zero attached hydrogens (tertiary/aromatic N) is 6. The Morgan fingerprint density at radius 3 is 2.79 bits per heavy atom. The number of amidine groups is 1. The highest BCUT2D eigenvalue weighted by Gasteiger charge is 2.48. The number of hydrogen-bond donors (Lipinski definition) is 2. The van der Waals surface area contributed by atoms with E-state index in [2.05, 4.69) is 20.6 Å². The Balaban J connectivity index is 1.38. The molecule has 1 fully saturated rings. The third-order valence-corrected chi connectivity index (χ3v) is 7.04. The zero-order valence-electron chi connectivity index (χ0n) is 19.4. The number of rotatable bonds is 3. The lowest BCUT2D eigenvalue weighted by Crippen LogP contribution is -2.60. The zero-order chi connectivity index (χ0) is 23.4. The first-order valence-corrected chi connectivity index (χ1v) is 11.2. The summed E-state index contributed by atoms with van der Waals surface area (Å²) in [6.45, 7) is 6.93. The first-order valence-electron chi connectivity index (χ1n) is 11.2. The zero-order valence-corrected chi connectivity index (χ0v) is 19.4. The Kier molecular flexibility index (Phi) is 4.95. The van der Waals surface area contributed by atoms with Crippen LogP contribution in [0.5, 0.6) is 0 Å². The number of benzene rings is 1. The summed E-state index contributed by atoms with van der Waals surface area (Å²) in [6.07, 6.45) is 7.11. The number of aliphatic imine (C=N–C) groups is 2. The highest BCUT2D eigenvalue weighted by molar-refractivity contribution is 6.30. The van der Waals surface area contributed by atoms with E-state index in [-0.39, 0.29) is 22.6 Å². The van der Waals surface area contributed by atoms with Gasteiger partial charge in [-0.1, -0.05) is 6.07 Å². The predicted molar refractivity (Wildman–Crippen MR) is 128 cm³/mol. The molecule has 1 aromatic carbocycles. The largest absolute Gasteiger partial charge is 0.343 e. The van der Waals surface area contributed by atoms with Crippen LogP contribution in [0.2, 0.25) is 0 Å². The van der Waals surface area contributed by atoms with Gasteiger partial charge >= 0.3 is 5.84 Å². The van der Waals surface area contributed by atoms with Crippen molar-refractivity contribution in [2.75, 3.05) is 30.8 Å². The van der Waals surface area contributed by atoms with Crippen LogP contribution in [0.25, 0.3) is 0 Å². The third kappa shape index (κ3) is 3.46. The number of carbonyl (C=O) groups is 2. The maximum Gasteiger partial charge on any atom is 0.301 e. The number of quaternary nitrogens is 1. The molecule has 2 amide bonds. The molecular weight excluding hydrogens is 420 g/mol. The van der Waals surface area contributed by atoms with Crippen molar-refractivity contribution in [3.63, 3.8) is 0 Å². The van der Waals surface area contributed by atoms with Crippen molar-refractivity contribution >= 4 is 41.2 Å². The molecule has 0 saturated carbocycles. The van der Waals surface area contributed by atoms with Crippen molar-refractivity contribution in [1.29, 1.82) is 0 Å². The van der Waals surface area contributed by atoms with Gasteiger partial charge in [0.15, 0.2) is 6.20 Å². The van der Waals surface area contributed by atoms with Crippen molar-refractivity contribution in [1.82, 2.24) is 9.91 Å². The van der Waals surface area contributed by atoms with Gasteiger partial charge in [0.25, 0.3) is 5.96 Å². The normalized spacial score (nSPS) is 25.5. The van der Waals surface area contributed by atoms with Crippen LogP contribution in [0, 0.1) is 0 Å². The van der Waals surface area contributed by atoms with Crippen LogP contribution in [0.15, 0.2) is 45.7 Å². The smallest absolute Gasteiger partial charge is 0.301 e. The molecule has 2 N–H and O–H groups in total. The lowest BCUT2D eigenvalue weighted by molar-refractivity contribution is -0.919. The van der Waals surface area contributed by atoms with Gasteiger partial charge in [-0.25, -0.2) is 0 Å². The molecular formula is C23H29N8O2+. The number of guanidine groups is 1. The molecule has 0 bridgehead atoms.